The van der Waals surface area contributed by atoms with E-state index in [2.05, 4.69) is 5.32 Å². The van der Waals surface area contributed by atoms with E-state index >= 15 is 0 Å². The molecule has 0 spiro atoms. The fraction of sp³-hybridized carbons (Fsp3) is 0. The summed E-state index contributed by atoms with van der Waals surface area (Å²) in [5.41, 5.74) is 2.29. The van der Waals surface area contributed by atoms with E-state index in [0.29, 0.717) is 33.9 Å². The molecule has 0 saturated heterocycles. The van der Waals surface area contributed by atoms with Gasteiger partial charge in [-0.25, -0.2) is 0 Å². The van der Waals surface area contributed by atoms with Gasteiger partial charge in [-0.3, -0.25) is 19.7 Å². The van der Waals surface area contributed by atoms with Gasteiger partial charge in [0.1, 0.15) is 11.5 Å². The lowest BCUT2D eigenvalue weighted by atomic mass is 10.1. The molecule has 0 aliphatic carbocycles. The number of nitrogens with zero attached hydrogens (tertiary/aromatic N) is 1. The molecular formula is C26H18N2O5. The smallest absolute Gasteiger partial charge is 0.269 e. The first-order valence-electron chi connectivity index (χ1n) is 10.0. The van der Waals surface area contributed by atoms with Gasteiger partial charge in [-0.1, -0.05) is 18.2 Å². The summed E-state index contributed by atoms with van der Waals surface area (Å²) in [6.07, 6.45) is 2.96. The molecule has 7 heteroatoms. The highest BCUT2D eigenvalue weighted by Gasteiger charge is 2.09. The zero-order valence-electron chi connectivity index (χ0n) is 17.3. The first-order chi connectivity index (χ1) is 16.0. The molecule has 0 aliphatic heterocycles. The predicted octanol–water partition coefficient (Wildman–Crippen LogP) is 6.00. The topological polar surface area (TPSA) is 102 Å². The number of nitrogens with one attached hydrogen (secondary N) is 1. The lowest BCUT2D eigenvalue weighted by Crippen LogP contribution is -2.11. The third kappa shape index (κ3) is 5.29. The molecule has 4 aromatic rings. The SMILES string of the molecule is O=C(C=Cc1ccc(-c2ccc([N+](=O)[O-])cc2)o1)c1ccc(NC(=O)c2ccccc2)cc1. The number of amides is 1. The number of rotatable bonds is 7. The van der Waals surface area contributed by atoms with Crippen molar-refractivity contribution in [3.05, 3.63) is 124 Å². The molecule has 0 unspecified atom stereocenters. The number of carbonyl (C=O) groups is 2. The lowest BCUT2D eigenvalue weighted by Gasteiger charge is -2.05. The van der Waals surface area contributed by atoms with Gasteiger partial charge in [0.05, 0.1) is 4.92 Å². The molecule has 7 nitrogen and oxygen atoms in total. The number of benzene rings is 3. The second-order valence-electron chi connectivity index (χ2n) is 7.10. The van der Waals surface area contributed by atoms with Crippen LogP contribution in [0.4, 0.5) is 11.4 Å². The Kier molecular flexibility index (Phi) is 6.22. The highest BCUT2D eigenvalue weighted by molar-refractivity contribution is 6.07. The van der Waals surface area contributed by atoms with Crippen molar-refractivity contribution < 1.29 is 18.9 Å². The zero-order valence-corrected chi connectivity index (χ0v) is 17.3. The largest absolute Gasteiger partial charge is 0.457 e. The number of ketones is 1. The van der Waals surface area contributed by atoms with Gasteiger partial charge in [0.15, 0.2) is 5.78 Å². The van der Waals surface area contributed by atoms with Crippen molar-refractivity contribution in [3.63, 3.8) is 0 Å². The van der Waals surface area contributed by atoms with Crippen molar-refractivity contribution in [3.8, 4) is 11.3 Å². The minimum atomic E-state index is -0.463. The number of allylic oxidation sites excluding steroid dienone is 1. The van der Waals surface area contributed by atoms with Crippen molar-refractivity contribution in [2.75, 3.05) is 5.32 Å². The number of furan rings is 1. The Labute approximate surface area is 189 Å². The minimum Gasteiger partial charge on any atom is -0.457 e. The molecule has 4 rings (SSSR count). The van der Waals surface area contributed by atoms with Gasteiger partial charge < -0.3 is 9.73 Å². The average Bonchev–Trinajstić information content (AvgIpc) is 3.33. The lowest BCUT2D eigenvalue weighted by molar-refractivity contribution is -0.384. The van der Waals surface area contributed by atoms with Gasteiger partial charge in [0.25, 0.3) is 11.6 Å². The number of nitro groups is 1. The Hall–Kier alpha value is -4.78. The van der Waals surface area contributed by atoms with Crippen molar-refractivity contribution in [1.82, 2.24) is 0 Å². The van der Waals surface area contributed by atoms with Crippen LogP contribution in [0.5, 0.6) is 0 Å². The highest BCUT2D eigenvalue weighted by Crippen LogP contribution is 2.25. The second-order valence-corrected chi connectivity index (χ2v) is 7.10. The van der Waals surface area contributed by atoms with Gasteiger partial charge in [-0.15, -0.1) is 0 Å². The summed E-state index contributed by atoms with van der Waals surface area (Å²) in [6.45, 7) is 0. The molecule has 3 aromatic carbocycles. The Morgan fingerprint density at radius 1 is 0.818 bits per heavy atom. The van der Waals surface area contributed by atoms with Crippen LogP contribution in [0.3, 0.4) is 0 Å². The van der Waals surface area contributed by atoms with Crippen LogP contribution < -0.4 is 5.32 Å². The number of carbonyl (C=O) groups excluding carboxylic acids is 2. The van der Waals surface area contributed by atoms with Crippen molar-refractivity contribution in [1.29, 1.82) is 0 Å². The van der Waals surface area contributed by atoms with E-state index in [1.54, 1.807) is 78.9 Å². The van der Waals surface area contributed by atoms with E-state index in [9.17, 15) is 19.7 Å². The monoisotopic (exact) mass is 438 g/mol. The maximum atomic E-state index is 12.5. The van der Waals surface area contributed by atoms with Crippen LogP contribution in [0.1, 0.15) is 26.5 Å². The number of anilines is 1. The van der Waals surface area contributed by atoms with Crippen LogP contribution in [0.15, 0.2) is 101 Å². The molecule has 0 radical (unpaired) electrons. The zero-order chi connectivity index (χ0) is 23.2. The predicted molar refractivity (Wildman–Crippen MR) is 125 cm³/mol. The van der Waals surface area contributed by atoms with Crippen LogP contribution >= 0.6 is 0 Å². The van der Waals surface area contributed by atoms with Gasteiger partial charge in [-0.05, 0) is 72.8 Å². The van der Waals surface area contributed by atoms with Crippen molar-refractivity contribution >= 4 is 29.1 Å². The average molecular weight is 438 g/mol. The van der Waals surface area contributed by atoms with E-state index in [1.807, 2.05) is 6.07 Å². The summed E-state index contributed by atoms with van der Waals surface area (Å²) in [4.78, 5) is 35.0. The highest BCUT2D eigenvalue weighted by atomic mass is 16.6. The molecule has 0 aliphatic rings. The fourth-order valence-electron chi connectivity index (χ4n) is 3.11. The third-order valence-corrected chi connectivity index (χ3v) is 4.85. The first kappa shape index (κ1) is 21.5. The summed E-state index contributed by atoms with van der Waals surface area (Å²) in [6, 6.07) is 24.9. The Balaban J connectivity index is 1.38. The standard InChI is InChI=1S/C26H18N2O5/c29-24(18-6-10-21(11-7-18)27-26(30)20-4-2-1-3-5-20)16-14-23-15-17-25(33-23)19-8-12-22(13-9-19)28(31)32/h1-17H,(H,27,30). The summed E-state index contributed by atoms with van der Waals surface area (Å²) >= 11 is 0. The molecule has 1 heterocycles. The van der Waals surface area contributed by atoms with E-state index < -0.39 is 4.92 Å². The molecule has 162 valence electrons. The van der Waals surface area contributed by atoms with E-state index in [0.717, 1.165) is 0 Å². The summed E-state index contributed by atoms with van der Waals surface area (Å²) in [5.74, 6) is 0.569. The Morgan fingerprint density at radius 3 is 2.18 bits per heavy atom. The van der Waals surface area contributed by atoms with Crippen LogP contribution in [0.25, 0.3) is 17.4 Å². The minimum absolute atomic E-state index is 0.00155. The van der Waals surface area contributed by atoms with E-state index in [1.165, 1.54) is 18.2 Å². The fourth-order valence-corrected chi connectivity index (χ4v) is 3.11. The number of hydrogen-bond donors (Lipinski definition) is 1. The van der Waals surface area contributed by atoms with Gasteiger partial charge in [-0.2, -0.15) is 0 Å². The van der Waals surface area contributed by atoms with E-state index in [4.69, 9.17) is 4.42 Å². The second kappa shape index (κ2) is 9.57. The van der Waals surface area contributed by atoms with Gasteiger partial charge in [0.2, 0.25) is 0 Å². The van der Waals surface area contributed by atoms with Crippen LogP contribution in [-0.2, 0) is 0 Å². The van der Waals surface area contributed by atoms with Gasteiger partial charge in [0, 0.05) is 34.5 Å². The molecule has 0 saturated carbocycles. The van der Waals surface area contributed by atoms with Crippen LogP contribution in [0.2, 0.25) is 0 Å². The van der Waals surface area contributed by atoms with Crippen LogP contribution in [0, 0.1) is 10.1 Å². The number of nitro benzene ring substituents is 1. The van der Waals surface area contributed by atoms with Gasteiger partial charge >= 0.3 is 0 Å². The molecule has 0 fully saturated rings. The van der Waals surface area contributed by atoms with Crippen molar-refractivity contribution in [2.45, 2.75) is 0 Å². The number of hydrogen-bond acceptors (Lipinski definition) is 5. The molecule has 1 N–H and O–H groups in total. The van der Waals surface area contributed by atoms with Crippen molar-refractivity contribution in [2.24, 2.45) is 0 Å². The summed E-state index contributed by atoms with van der Waals surface area (Å²) in [5, 5.41) is 13.6. The van der Waals surface area contributed by atoms with E-state index in [-0.39, 0.29) is 17.4 Å². The quantitative estimate of drug-likeness (QED) is 0.165. The third-order valence-electron chi connectivity index (χ3n) is 4.85. The Bertz CT molecular complexity index is 1320. The molecular weight excluding hydrogens is 420 g/mol. The summed E-state index contributed by atoms with van der Waals surface area (Å²) in [7, 11) is 0. The number of non-ortho nitro benzene ring substituents is 1. The maximum absolute atomic E-state index is 12.5. The molecule has 0 atom stereocenters. The Morgan fingerprint density at radius 2 is 1.52 bits per heavy atom. The maximum Gasteiger partial charge on any atom is 0.269 e. The molecule has 1 amide bonds. The van der Waals surface area contributed by atoms with Crippen LogP contribution in [-0.4, -0.2) is 16.6 Å². The normalized spacial score (nSPS) is 10.8. The molecule has 33 heavy (non-hydrogen) atoms. The molecule has 0 bridgehead atoms. The molecule has 1 aromatic heterocycles. The first-order valence-corrected chi connectivity index (χ1v) is 10.0. The summed E-state index contributed by atoms with van der Waals surface area (Å²) < 4.78 is 5.70.